The first kappa shape index (κ1) is 15.9. The second-order valence-electron chi connectivity index (χ2n) is 5.58. The van der Waals surface area contributed by atoms with E-state index in [1.54, 1.807) is 12.1 Å². The second-order valence-corrected chi connectivity index (χ2v) is 5.58. The van der Waals surface area contributed by atoms with E-state index in [0.717, 1.165) is 18.7 Å². The van der Waals surface area contributed by atoms with Gasteiger partial charge in [-0.1, -0.05) is 12.1 Å². The molecule has 1 aromatic carbocycles. The zero-order chi connectivity index (χ0) is 15.4. The molecule has 3 atom stereocenters. The van der Waals surface area contributed by atoms with E-state index in [2.05, 4.69) is 18.7 Å². The Hall–Kier alpha value is -1.43. The van der Waals surface area contributed by atoms with Crippen molar-refractivity contribution in [3.63, 3.8) is 0 Å². The van der Waals surface area contributed by atoms with E-state index < -0.39 is 0 Å². The number of carbonyl (C=O) groups is 1. The maximum atomic E-state index is 11.5. The molecule has 1 aromatic rings. The lowest BCUT2D eigenvalue weighted by Gasteiger charge is -2.40. The summed E-state index contributed by atoms with van der Waals surface area (Å²) in [5, 5.41) is 0. The number of benzene rings is 1. The summed E-state index contributed by atoms with van der Waals surface area (Å²) >= 11 is 0. The monoisotopic (exact) mass is 292 g/mol. The van der Waals surface area contributed by atoms with Crippen LogP contribution in [0.2, 0.25) is 0 Å². The molecular weight excluding hydrogens is 268 g/mol. The Labute approximate surface area is 126 Å². The lowest BCUT2D eigenvalue weighted by molar-refractivity contribution is -0.0799. The fourth-order valence-corrected chi connectivity index (χ4v) is 2.93. The van der Waals surface area contributed by atoms with Crippen molar-refractivity contribution in [2.45, 2.75) is 32.1 Å². The Kier molecular flexibility index (Phi) is 5.33. The summed E-state index contributed by atoms with van der Waals surface area (Å²) in [6, 6.07) is 7.63. The maximum absolute atomic E-state index is 11.5. The van der Waals surface area contributed by atoms with Crippen LogP contribution < -0.4 is 5.73 Å². The van der Waals surface area contributed by atoms with Crippen molar-refractivity contribution in [2.75, 3.05) is 26.7 Å². The predicted molar refractivity (Wildman–Crippen MR) is 81.2 cm³/mol. The van der Waals surface area contributed by atoms with E-state index in [1.807, 2.05) is 12.1 Å². The van der Waals surface area contributed by atoms with Gasteiger partial charge >= 0.3 is 5.97 Å². The number of hydrogen-bond donors (Lipinski definition) is 1. The average molecular weight is 292 g/mol. The zero-order valence-corrected chi connectivity index (χ0v) is 12.9. The summed E-state index contributed by atoms with van der Waals surface area (Å²) in [6.45, 7) is 6.43. The minimum Gasteiger partial charge on any atom is -0.465 e. The SMILES string of the molecule is COC(=O)c1ccc(C(CN)N2CC(C)OC(C)C2)cc1. The van der Waals surface area contributed by atoms with Crippen LogP contribution in [-0.2, 0) is 9.47 Å². The van der Waals surface area contributed by atoms with Gasteiger partial charge in [0, 0.05) is 25.7 Å². The Morgan fingerprint density at radius 1 is 1.33 bits per heavy atom. The summed E-state index contributed by atoms with van der Waals surface area (Å²) < 4.78 is 10.5. The molecule has 1 saturated heterocycles. The highest BCUT2D eigenvalue weighted by Crippen LogP contribution is 2.24. The van der Waals surface area contributed by atoms with Crippen LogP contribution in [0.1, 0.15) is 35.8 Å². The van der Waals surface area contributed by atoms with E-state index in [9.17, 15) is 4.79 Å². The fraction of sp³-hybridized carbons (Fsp3) is 0.562. The highest BCUT2D eigenvalue weighted by atomic mass is 16.5. The van der Waals surface area contributed by atoms with Crippen molar-refractivity contribution >= 4 is 5.97 Å². The molecule has 2 N–H and O–H groups in total. The number of nitrogens with zero attached hydrogens (tertiary/aromatic N) is 1. The highest BCUT2D eigenvalue weighted by molar-refractivity contribution is 5.89. The van der Waals surface area contributed by atoms with Crippen molar-refractivity contribution in [3.8, 4) is 0 Å². The number of methoxy groups -OCH3 is 1. The molecule has 0 bridgehead atoms. The third-order valence-corrected chi connectivity index (χ3v) is 3.83. The number of hydrogen-bond acceptors (Lipinski definition) is 5. The number of rotatable bonds is 4. The third kappa shape index (κ3) is 3.81. The Balaban J connectivity index is 2.15. The summed E-state index contributed by atoms with van der Waals surface area (Å²) in [7, 11) is 1.38. The van der Waals surface area contributed by atoms with Gasteiger partial charge in [0.05, 0.1) is 24.9 Å². The minimum absolute atomic E-state index is 0.144. The molecule has 1 fully saturated rings. The van der Waals surface area contributed by atoms with Crippen LogP contribution in [0, 0.1) is 0 Å². The van der Waals surface area contributed by atoms with Gasteiger partial charge in [-0.05, 0) is 31.5 Å². The Bertz CT molecular complexity index is 465. The lowest BCUT2D eigenvalue weighted by Crippen LogP contribution is -2.48. The molecule has 0 saturated carbocycles. The van der Waals surface area contributed by atoms with Gasteiger partial charge in [0.15, 0.2) is 0 Å². The van der Waals surface area contributed by atoms with Crippen LogP contribution in [0.3, 0.4) is 0 Å². The predicted octanol–water partition coefficient (Wildman–Crippen LogP) is 1.58. The molecule has 1 aliphatic rings. The van der Waals surface area contributed by atoms with Crippen molar-refractivity contribution in [1.82, 2.24) is 4.90 Å². The van der Waals surface area contributed by atoms with Crippen molar-refractivity contribution in [3.05, 3.63) is 35.4 Å². The molecule has 5 nitrogen and oxygen atoms in total. The molecule has 0 aliphatic carbocycles. The molecule has 1 aliphatic heterocycles. The van der Waals surface area contributed by atoms with E-state index >= 15 is 0 Å². The number of morpholine rings is 1. The van der Waals surface area contributed by atoms with E-state index in [0.29, 0.717) is 12.1 Å². The topological polar surface area (TPSA) is 64.8 Å². The van der Waals surface area contributed by atoms with E-state index in [-0.39, 0.29) is 24.2 Å². The second kappa shape index (κ2) is 7.02. The molecule has 3 unspecified atom stereocenters. The first-order valence-corrected chi connectivity index (χ1v) is 7.33. The number of esters is 1. The van der Waals surface area contributed by atoms with Crippen LogP contribution in [0.4, 0.5) is 0 Å². The summed E-state index contributed by atoms with van der Waals surface area (Å²) in [4.78, 5) is 13.8. The first-order valence-electron chi connectivity index (χ1n) is 7.33. The van der Waals surface area contributed by atoms with Crippen LogP contribution in [0.5, 0.6) is 0 Å². The molecule has 21 heavy (non-hydrogen) atoms. The standard InChI is InChI=1S/C16H24N2O3/c1-11-9-18(10-12(2)21-11)15(8-17)13-4-6-14(7-5-13)16(19)20-3/h4-7,11-12,15H,8-10,17H2,1-3H3. The van der Waals surface area contributed by atoms with E-state index in [1.165, 1.54) is 7.11 Å². The van der Waals surface area contributed by atoms with Crippen LogP contribution in [-0.4, -0.2) is 49.8 Å². The van der Waals surface area contributed by atoms with E-state index in [4.69, 9.17) is 15.2 Å². The molecule has 1 heterocycles. The van der Waals surface area contributed by atoms with Crippen molar-refractivity contribution in [2.24, 2.45) is 5.73 Å². The number of carbonyl (C=O) groups excluding carboxylic acids is 1. The summed E-state index contributed by atoms with van der Waals surface area (Å²) in [6.07, 6.45) is 0.411. The van der Waals surface area contributed by atoms with Crippen molar-refractivity contribution in [1.29, 1.82) is 0 Å². The quantitative estimate of drug-likeness (QED) is 0.854. The highest BCUT2D eigenvalue weighted by Gasteiger charge is 2.28. The van der Waals surface area contributed by atoms with Crippen LogP contribution >= 0.6 is 0 Å². The summed E-state index contributed by atoms with van der Waals surface area (Å²) in [5.41, 5.74) is 7.65. The Morgan fingerprint density at radius 2 is 1.90 bits per heavy atom. The fourth-order valence-electron chi connectivity index (χ4n) is 2.93. The molecular formula is C16H24N2O3. The summed E-state index contributed by atoms with van der Waals surface area (Å²) in [5.74, 6) is -0.320. The first-order chi connectivity index (χ1) is 10.0. The molecule has 116 valence electrons. The molecule has 0 aromatic heterocycles. The van der Waals surface area contributed by atoms with Crippen molar-refractivity contribution < 1.29 is 14.3 Å². The molecule has 2 rings (SSSR count). The van der Waals surface area contributed by atoms with Gasteiger partial charge in [0.2, 0.25) is 0 Å². The molecule has 0 amide bonds. The van der Waals surface area contributed by atoms with Gasteiger partial charge in [-0.25, -0.2) is 4.79 Å². The smallest absolute Gasteiger partial charge is 0.337 e. The lowest BCUT2D eigenvalue weighted by atomic mass is 10.0. The minimum atomic E-state index is -0.320. The largest absolute Gasteiger partial charge is 0.465 e. The maximum Gasteiger partial charge on any atom is 0.337 e. The number of ether oxygens (including phenoxy) is 2. The Morgan fingerprint density at radius 3 is 2.38 bits per heavy atom. The molecule has 5 heteroatoms. The average Bonchev–Trinajstić information content (AvgIpc) is 2.47. The number of nitrogens with two attached hydrogens (primary N) is 1. The normalized spacial score (nSPS) is 24.6. The van der Waals surface area contributed by atoms with Gasteiger partial charge in [-0.2, -0.15) is 0 Å². The molecule has 0 radical (unpaired) electrons. The van der Waals surface area contributed by atoms with Gasteiger partial charge < -0.3 is 15.2 Å². The van der Waals surface area contributed by atoms with Gasteiger partial charge in [-0.15, -0.1) is 0 Å². The van der Waals surface area contributed by atoms with Gasteiger partial charge in [-0.3, -0.25) is 4.90 Å². The van der Waals surface area contributed by atoms with Gasteiger partial charge in [0.25, 0.3) is 0 Å². The van der Waals surface area contributed by atoms with Crippen LogP contribution in [0.15, 0.2) is 24.3 Å². The molecule has 0 spiro atoms. The zero-order valence-electron chi connectivity index (χ0n) is 12.9. The van der Waals surface area contributed by atoms with Crippen LogP contribution in [0.25, 0.3) is 0 Å². The third-order valence-electron chi connectivity index (χ3n) is 3.83. The van der Waals surface area contributed by atoms with Gasteiger partial charge in [0.1, 0.15) is 0 Å².